The SMILES string of the molecule is COP(=O)(O)OP(=O)(O)OCC1OC(n2ccc(=O)[nH]c2=O)C(O)C1O. The summed E-state index contributed by atoms with van der Waals surface area (Å²) in [5.41, 5.74) is -1.61. The highest BCUT2D eigenvalue weighted by Crippen LogP contribution is 2.60. The number of aromatic amines is 1. The maximum absolute atomic E-state index is 11.7. The van der Waals surface area contributed by atoms with Crippen molar-refractivity contribution in [2.24, 2.45) is 0 Å². The Hall–Kier alpha value is -1.18. The fraction of sp³-hybridized carbons (Fsp3) is 0.600. The summed E-state index contributed by atoms with van der Waals surface area (Å²) in [5.74, 6) is 0. The molecule has 0 radical (unpaired) electrons. The van der Waals surface area contributed by atoms with E-state index in [2.05, 4.69) is 13.4 Å². The van der Waals surface area contributed by atoms with Crippen LogP contribution < -0.4 is 11.2 Å². The normalized spacial score (nSPS) is 30.7. The zero-order chi connectivity index (χ0) is 19.7. The van der Waals surface area contributed by atoms with E-state index in [9.17, 15) is 33.8 Å². The van der Waals surface area contributed by atoms with E-state index >= 15 is 0 Å². The summed E-state index contributed by atoms with van der Waals surface area (Å²) < 4.78 is 41.0. The molecule has 0 bridgehead atoms. The molecule has 1 aromatic heterocycles. The Morgan fingerprint density at radius 3 is 2.46 bits per heavy atom. The largest absolute Gasteiger partial charge is 0.481 e. The average Bonchev–Trinajstić information content (AvgIpc) is 2.80. The van der Waals surface area contributed by atoms with Crippen molar-refractivity contribution in [3.63, 3.8) is 0 Å². The first-order chi connectivity index (χ1) is 12.0. The Labute approximate surface area is 144 Å². The van der Waals surface area contributed by atoms with Gasteiger partial charge in [0.15, 0.2) is 6.23 Å². The minimum absolute atomic E-state index is 0.691. The molecule has 0 amide bonds. The van der Waals surface area contributed by atoms with Crippen LogP contribution in [0.3, 0.4) is 0 Å². The van der Waals surface area contributed by atoms with Crippen molar-refractivity contribution in [2.45, 2.75) is 24.5 Å². The number of aliphatic hydroxyl groups is 2. The van der Waals surface area contributed by atoms with Crippen LogP contribution in [-0.2, 0) is 27.2 Å². The van der Waals surface area contributed by atoms with Crippen LogP contribution in [0.2, 0.25) is 0 Å². The van der Waals surface area contributed by atoms with Crippen LogP contribution in [-0.4, -0.2) is 61.6 Å². The molecule has 6 unspecified atom stereocenters. The van der Waals surface area contributed by atoms with Gasteiger partial charge in [-0.1, -0.05) is 0 Å². The molecule has 0 aromatic carbocycles. The molecule has 2 heterocycles. The lowest BCUT2D eigenvalue weighted by Gasteiger charge is -2.18. The third-order valence-electron chi connectivity index (χ3n) is 3.30. The quantitative estimate of drug-likeness (QED) is 0.306. The van der Waals surface area contributed by atoms with Gasteiger partial charge in [-0.25, -0.2) is 13.9 Å². The maximum atomic E-state index is 11.7. The van der Waals surface area contributed by atoms with Crippen molar-refractivity contribution in [1.82, 2.24) is 9.55 Å². The van der Waals surface area contributed by atoms with E-state index in [1.807, 2.05) is 4.98 Å². The summed E-state index contributed by atoms with van der Waals surface area (Å²) >= 11 is 0. The summed E-state index contributed by atoms with van der Waals surface area (Å²) in [6.45, 7) is -0.843. The van der Waals surface area contributed by atoms with Crippen LogP contribution in [0.5, 0.6) is 0 Å². The molecule has 6 atom stereocenters. The average molecular weight is 418 g/mol. The fourth-order valence-electron chi connectivity index (χ4n) is 2.08. The van der Waals surface area contributed by atoms with Gasteiger partial charge < -0.3 is 24.7 Å². The van der Waals surface area contributed by atoms with E-state index < -0.39 is 58.0 Å². The molecule has 16 heteroatoms. The van der Waals surface area contributed by atoms with Crippen molar-refractivity contribution in [3.8, 4) is 0 Å². The summed E-state index contributed by atoms with van der Waals surface area (Å²) in [6, 6.07) is 0.979. The molecular weight excluding hydrogens is 402 g/mol. The molecule has 0 saturated carbocycles. The van der Waals surface area contributed by atoms with Crippen LogP contribution in [0.4, 0.5) is 0 Å². The van der Waals surface area contributed by atoms with Crippen molar-refractivity contribution in [1.29, 1.82) is 0 Å². The molecule has 5 N–H and O–H groups in total. The first-order valence-electron chi connectivity index (χ1n) is 6.86. The second-order valence-corrected chi connectivity index (χ2v) is 8.21. The monoisotopic (exact) mass is 418 g/mol. The lowest BCUT2D eigenvalue weighted by molar-refractivity contribution is -0.0542. The first-order valence-corrected chi connectivity index (χ1v) is 9.85. The Kier molecular flexibility index (Phi) is 6.36. The van der Waals surface area contributed by atoms with Crippen LogP contribution >= 0.6 is 15.6 Å². The van der Waals surface area contributed by atoms with E-state index in [1.54, 1.807) is 0 Å². The number of phosphoric ester groups is 2. The molecule has 1 aromatic rings. The van der Waals surface area contributed by atoms with Crippen LogP contribution in [0.25, 0.3) is 0 Å². The number of hydrogen-bond donors (Lipinski definition) is 5. The van der Waals surface area contributed by atoms with Crippen LogP contribution in [0, 0.1) is 0 Å². The van der Waals surface area contributed by atoms with Gasteiger partial charge in [-0.05, 0) is 0 Å². The van der Waals surface area contributed by atoms with E-state index in [0.29, 0.717) is 0 Å². The van der Waals surface area contributed by atoms with E-state index in [-0.39, 0.29) is 0 Å². The first kappa shape index (κ1) is 21.1. The molecule has 148 valence electrons. The topological polar surface area (TPSA) is 207 Å². The fourth-order valence-corrected chi connectivity index (χ4v) is 3.91. The van der Waals surface area contributed by atoms with Gasteiger partial charge in [-0.3, -0.25) is 23.4 Å². The number of nitrogens with zero attached hydrogens (tertiary/aromatic N) is 1. The third kappa shape index (κ3) is 4.96. The molecule has 1 fully saturated rings. The van der Waals surface area contributed by atoms with Gasteiger partial charge in [0.25, 0.3) is 5.56 Å². The summed E-state index contributed by atoms with van der Waals surface area (Å²) in [4.78, 5) is 43.1. The Bertz CT molecular complexity index is 851. The van der Waals surface area contributed by atoms with E-state index in [4.69, 9.17) is 9.63 Å². The highest BCUT2D eigenvalue weighted by molar-refractivity contribution is 7.61. The Balaban J connectivity index is 2.08. The highest BCUT2D eigenvalue weighted by atomic mass is 31.3. The Morgan fingerprint density at radius 2 is 1.88 bits per heavy atom. The second-order valence-electron chi connectivity index (χ2n) is 5.06. The zero-order valence-corrected chi connectivity index (χ0v) is 14.9. The molecule has 0 aliphatic carbocycles. The summed E-state index contributed by atoms with van der Waals surface area (Å²) in [5, 5.41) is 19.9. The van der Waals surface area contributed by atoms with Gasteiger partial charge in [-0.2, -0.15) is 4.31 Å². The Morgan fingerprint density at radius 1 is 1.23 bits per heavy atom. The molecule has 1 aliphatic rings. The minimum Gasteiger partial charge on any atom is -0.387 e. The number of aromatic nitrogens is 2. The van der Waals surface area contributed by atoms with Gasteiger partial charge in [0.1, 0.15) is 18.3 Å². The zero-order valence-electron chi connectivity index (χ0n) is 13.1. The van der Waals surface area contributed by atoms with Crippen LogP contribution in [0.15, 0.2) is 21.9 Å². The van der Waals surface area contributed by atoms with Gasteiger partial charge in [0, 0.05) is 19.4 Å². The van der Waals surface area contributed by atoms with Crippen molar-refractivity contribution in [3.05, 3.63) is 33.1 Å². The summed E-state index contributed by atoms with van der Waals surface area (Å²) in [7, 11) is -9.13. The number of phosphoric acid groups is 2. The van der Waals surface area contributed by atoms with Gasteiger partial charge >= 0.3 is 21.3 Å². The smallest absolute Gasteiger partial charge is 0.387 e. The highest BCUT2D eigenvalue weighted by Gasteiger charge is 2.45. The lowest BCUT2D eigenvalue weighted by atomic mass is 10.1. The number of aliphatic hydroxyl groups excluding tert-OH is 2. The predicted octanol–water partition coefficient (Wildman–Crippen LogP) is -1.96. The maximum Gasteiger partial charge on any atom is 0.481 e. The molecule has 1 saturated heterocycles. The van der Waals surface area contributed by atoms with Gasteiger partial charge in [-0.15, -0.1) is 0 Å². The second kappa shape index (κ2) is 7.82. The number of ether oxygens (including phenoxy) is 1. The van der Waals surface area contributed by atoms with Crippen LogP contribution in [0.1, 0.15) is 6.23 Å². The van der Waals surface area contributed by atoms with Crippen molar-refractivity contribution in [2.75, 3.05) is 13.7 Å². The third-order valence-corrected chi connectivity index (χ3v) is 5.89. The molecule has 1 aliphatic heterocycles. The number of H-pyrrole nitrogens is 1. The molecule has 26 heavy (non-hydrogen) atoms. The van der Waals surface area contributed by atoms with E-state index in [1.165, 1.54) is 0 Å². The number of rotatable bonds is 7. The van der Waals surface area contributed by atoms with Crippen molar-refractivity contribution >= 4 is 15.6 Å². The molecule has 0 spiro atoms. The summed E-state index contributed by atoms with van der Waals surface area (Å²) in [6.07, 6.45) is -5.11. The van der Waals surface area contributed by atoms with Crippen molar-refractivity contribution < 1.29 is 47.2 Å². The van der Waals surface area contributed by atoms with Gasteiger partial charge in [0.2, 0.25) is 0 Å². The number of hydrogen-bond acceptors (Lipinski definition) is 10. The van der Waals surface area contributed by atoms with Gasteiger partial charge in [0.05, 0.1) is 6.61 Å². The predicted molar refractivity (Wildman–Crippen MR) is 80.9 cm³/mol. The standard InChI is InChI=1S/C10H16N2O12P2/c1-21-25(17,18)24-26(19,20)22-4-5-7(14)8(15)9(23-5)12-3-2-6(13)11-10(12)16/h2-3,5,7-9,14-15H,4H2,1H3,(H,17,18)(H,19,20)(H,11,13,16). The number of nitrogens with one attached hydrogen (secondary N) is 1. The molecular formula is C10H16N2O12P2. The van der Waals surface area contributed by atoms with E-state index in [0.717, 1.165) is 23.9 Å². The molecule has 14 nitrogen and oxygen atoms in total. The molecule has 2 rings (SSSR count). The lowest BCUT2D eigenvalue weighted by Crippen LogP contribution is -2.37. The minimum atomic E-state index is -5.06.